The molecule has 5 heteroatoms. The lowest BCUT2D eigenvalue weighted by Gasteiger charge is -2.04. The Balaban J connectivity index is 1.74. The molecule has 0 atom stereocenters. The van der Waals surface area contributed by atoms with Gasteiger partial charge < -0.3 is 19.8 Å². The van der Waals surface area contributed by atoms with E-state index in [2.05, 4.69) is 38.7 Å². The molecule has 0 spiro atoms. The summed E-state index contributed by atoms with van der Waals surface area (Å²) in [6.45, 7) is 4.20. The van der Waals surface area contributed by atoms with E-state index >= 15 is 0 Å². The Labute approximate surface area is 121 Å². The predicted molar refractivity (Wildman–Crippen MR) is 80.4 cm³/mol. The molecule has 0 radical (unpaired) electrons. The number of para-hydroxylation sites is 1. The average Bonchev–Trinajstić information content (AvgIpc) is 2.82. The van der Waals surface area contributed by atoms with E-state index in [9.17, 15) is 0 Å². The van der Waals surface area contributed by atoms with Gasteiger partial charge in [-0.05, 0) is 28.1 Å². The molecule has 104 valence electrons. The second kappa shape index (κ2) is 7.65. The van der Waals surface area contributed by atoms with Gasteiger partial charge in [-0.1, -0.05) is 12.1 Å². The number of benzene rings is 1. The molecule has 2 N–H and O–H groups in total. The fourth-order valence-corrected chi connectivity index (χ4v) is 2.32. The van der Waals surface area contributed by atoms with Gasteiger partial charge in [0.15, 0.2) is 0 Å². The fourth-order valence-electron chi connectivity index (χ4n) is 1.86. The third kappa shape index (κ3) is 4.31. The van der Waals surface area contributed by atoms with Gasteiger partial charge in [-0.25, -0.2) is 0 Å². The van der Waals surface area contributed by atoms with E-state index in [-0.39, 0.29) is 0 Å². The molecule has 0 aliphatic rings. The maximum Gasteiger partial charge on any atom is 0.148 e. The number of ether oxygens (including phenoxy) is 1. The molecule has 0 fully saturated rings. The van der Waals surface area contributed by atoms with Crippen molar-refractivity contribution in [3.63, 3.8) is 0 Å². The molecule has 1 aromatic carbocycles. The minimum absolute atomic E-state index is 0.743. The van der Waals surface area contributed by atoms with E-state index in [0.29, 0.717) is 0 Å². The van der Waals surface area contributed by atoms with Crippen LogP contribution in [0.1, 0.15) is 5.76 Å². The zero-order valence-electron chi connectivity index (χ0n) is 11.0. The number of nitrogens with one attached hydrogen (secondary N) is 2. The second-order valence-corrected chi connectivity index (χ2v) is 5.14. The van der Waals surface area contributed by atoms with Crippen molar-refractivity contribution in [1.29, 1.82) is 0 Å². The van der Waals surface area contributed by atoms with Crippen molar-refractivity contribution in [3.8, 4) is 0 Å². The predicted octanol–water partition coefficient (Wildman–Crippen LogP) is 2.52. The SMILES string of the molecule is COCCNCCNCc1cc2cccc(Br)c2o1. The minimum Gasteiger partial charge on any atom is -0.459 e. The lowest BCUT2D eigenvalue weighted by molar-refractivity contribution is 0.199. The van der Waals surface area contributed by atoms with Crippen LogP contribution >= 0.6 is 15.9 Å². The maximum absolute atomic E-state index is 5.79. The van der Waals surface area contributed by atoms with Crippen molar-refractivity contribution >= 4 is 26.9 Å². The smallest absolute Gasteiger partial charge is 0.148 e. The first-order valence-corrected chi connectivity index (χ1v) is 7.18. The lowest BCUT2D eigenvalue weighted by atomic mass is 10.2. The van der Waals surface area contributed by atoms with E-state index in [1.54, 1.807) is 7.11 Å². The first kappa shape index (κ1) is 14.5. The number of furan rings is 1. The zero-order valence-corrected chi connectivity index (χ0v) is 12.6. The molecule has 1 aromatic heterocycles. The van der Waals surface area contributed by atoms with Crippen LogP contribution in [0.4, 0.5) is 0 Å². The summed E-state index contributed by atoms with van der Waals surface area (Å²) >= 11 is 3.49. The highest BCUT2D eigenvalue weighted by Crippen LogP contribution is 2.26. The van der Waals surface area contributed by atoms with Crippen LogP contribution < -0.4 is 10.6 Å². The van der Waals surface area contributed by atoms with Gasteiger partial charge in [0.2, 0.25) is 0 Å². The summed E-state index contributed by atoms with van der Waals surface area (Å²) in [5.74, 6) is 0.957. The molecule has 2 aromatic rings. The van der Waals surface area contributed by atoms with Crippen molar-refractivity contribution in [3.05, 3.63) is 34.5 Å². The topological polar surface area (TPSA) is 46.4 Å². The van der Waals surface area contributed by atoms with Gasteiger partial charge in [0.25, 0.3) is 0 Å². The average molecular weight is 327 g/mol. The Kier molecular flexibility index (Phi) is 5.85. The first-order chi connectivity index (χ1) is 9.31. The van der Waals surface area contributed by atoms with Crippen LogP contribution in [0.25, 0.3) is 11.0 Å². The molecular weight excluding hydrogens is 308 g/mol. The quantitative estimate of drug-likeness (QED) is 0.732. The summed E-state index contributed by atoms with van der Waals surface area (Å²) in [5.41, 5.74) is 0.914. The Hall–Kier alpha value is -0.880. The molecule has 4 nitrogen and oxygen atoms in total. The molecule has 1 heterocycles. The van der Waals surface area contributed by atoms with Crippen molar-refractivity contribution in [2.75, 3.05) is 33.4 Å². The van der Waals surface area contributed by atoms with Crippen LogP contribution in [0.5, 0.6) is 0 Å². The summed E-state index contributed by atoms with van der Waals surface area (Å²) in [4.78, 5) is 0. The van der Waals surface area contributed by atoms with Crippen LogP contribution in [0.15, 0.2) is 33.2 Å². The van der Waals surface area contributed by atoms with E-state index in [1.807, 2.05) is 12.1 Å². The Morgan fingerprint density at radius 3 is 2.84 bits per heavy atom. The van der Waals surface area contributed by atoms with Crippen LogP contribution in [-0.4, -0.2) is 33.4 Å². The summed E-state index contributed by atoms with van der Waals surface area (Å²) in [6, 6.07) is 8.13. The number of hydrogen-bond donors (Lipinski definition) is 2. The van der Waals surface area contributed by atoms with Gasteiger partial charge in [-0.2, -0.15) is 0 Å². The number of fused-ring (bicyclic) bond motifs is 1. The fraction of sp³-hybridized carbons (Fsp3) is 0.429. The molecule has 0 aliphatic carbocycles. The highest BCUT2D eigenvalue weighted by Gasteiger charge is 2.05. The van der Waals surface area contributed by atoms with Gasteiger partial charge in [0.1, 0.15) is 11.3 Å². The Morgan fingerprint density at radius 2 is 2.05 bits per heavy atom. The van der Waals surface area contributed by atoms with Gasteiger partial charge in [-0.3, -0.25) is 0 Å². The summed E-state index contributed by atoms with van der Waals surface area (Å²) in [5, 5.41) is 7.76. The van der Waals surface area contributed by atoms with Crippen LogP contribution in [0.2, 0.25) is 0 Å². The van der Waals surface area contributed by atoms with Crippen LogP contribution in [0.3, 0.4) is 0 Å². The molecular formula is C14H19BrN2O2. The standard InChI is InChI=1S/C14H19BrN2O2/c1-18-8-7-16-5-6-17-10-12-9-11-3-2-4-13(15)14(11)19-12/h2-4,9,16-17H,5-8,10H2,1H3. The number of hydrogen-bond acceptors (Lipinski definition) is 4. The van der Waals surface area contributed by atoms with E-state index in [0.717, 1.165) is 54.0 Å². The first-order valence-electron chi connectivity index (χ1n) is 6.38. The van der Waals surface area contributed by atoms with Crippen molar-refractivity contribution in [1.82, 2.24) is 10.6 Å². The van der Waals surface area contributed by atoms with E-state index in [1.165, 1.54) is 0 Å². The molecule has 0 amide bonds. The molecule has 0 aliphatic heterocycles. The van der Waals surface area contributed by atoms with Gasteiger partial charge >= 0.3 is 0 Å². The Bertz CT molecular complexity index is 513. The highest BCUT2D eigenvalue weighted by atomic mass is 79.9. The molecule has 0 bridgehead atoms. The number of rotatable bonds is 8. The Morgan fingerprint density at radius 1 is 1.21 bits per heavy atom. The van der Waals surface area contributed by atoms with Crippen molar-refractivity contribution in [2.45, 2.75) is 6.54 Å². The summed E-state index contributed by atoms with van der Waals surface area (Å²) in [6.07, 6.45) is 0. The van der Waals surface area contributed by atoms with Crippen molar-refractivity contribution < 1.29 is 9.15 Å². The normalized spacial score (nSPS) is 11.3. The van der Waals surface area contributed by atoms with E-state index in [4.69, 9.17) is 9.15 Å². The van der Waals surface area contributed by atoms with Gasteiger partial charge in [0.05, 0.1) is 17.6 Å². The van der Waals surface area contributed by atoms with Gasteiger partial charge in [-0.15, -0.1) is 0 Å². The van der Waals surface area contributed by atoms with Gasteiger partial charge in [0, 0.05) is 32.1 Å². The molecule has 0 unspecified atom stereocenters. The molecule has 19 heavy (non-hydrogen) atoms. The van der Waals surface area contributed by atoms with Crippen molar-refractivity contribution in [2.24, 2.45) is 0 Å². The third-order valence-electron chi connectivity index (χ3n) is 2.81. The highest BCUT2D eigenvalue weighted by molar-refractivity contribution is 9.10. The third-order valence-corrected chi connectivity index (χ3v) is 3.43. The largest absolute Gasteiger partial charge is 0.459 e. The maximum atomic E-state index is 5.79. The lowest BCUT2D eigenvalue weighted by Crippen LogP contribution is -2.29. The van der Waals surface area contributed by atoms with E-state index < -0.39 is 0 Å². The second-order valence-electron chi connectivity index (χ2n) is 4.29. The zero-order chi connectivity index (χ0) is 13.5. The minimum atomic E-state index is 0.743. The number of halogens is 1. The van der Waals surface area contributed by atoms with Crippen LogP contribution in [-0.2, 0) is 11.3 Å². The summed E-state index contributed by atoms with van der Waals surface area (Å²) in [7, 11) is 1.71. The summed E-state index contributed by atoms with van der Waals surface area (Å²) < 4.78 is 11.8. The monoisotopic (exact) mass is 326 g/mol. The molecule has 2 rings (SSSR count). The molecule has 0 saturated carbocycles. The number of methoxy groups -OCH3 is 1. The molecule has 0 saturated heterocycles. The van der Waals surface area contributed by atoms with Crippen LogP contribution in [0, 0.1) is 0 Å².